The number of aromatic amines is 1. The Morgan fingerprint density at radius 3 is 2.59 bits per heavy atom. The van der Waals surface area contributed by atoms with E-state index in [1.54, 1.807) is 23.1 Å². The molecule has 0 aliphatic carbocycles. The van der Waals surface area contributed by atoms with Crippen molar-refractivity contribution in [3.63, 3.8) is 0 Å². The van der Waals surface area contributed by atoms with E-state index in [2.05, 4.69) is 20.7 Å². The molecule has 2 N–H and O–H groups in total. The zero-order chi connectivity index (χ0) is 20.6. The van der Waals surface area contributed by atoms with Crippen LogP contribution in [0.3, 0.4) is 0 Å². The second-order valence-corrected chi connectivity index (χ2v) is 7.91. The number of carbonyl (C=O) groups is 2. The molecule has 2 heterocycles. The lowest BCUT2D eigenvalue weighted by molar-refractivity contribution is -0.120. The molecule has 0 spiro atoms. The lowest BCUT2D eigenvalue weighted by atomic mass is 9.94. The molecule has 10 heteroatoms. The first-order valence-electron chi connectivity index (χ1n) is 9.47. The number of likely N-dealkylation sites (tertiary alicyclic amines) is 1. The third kappa shape index (κ3) is 6.90. The van der Waals surface area contributed by atoms with Crippen molar-refractivity contribution < 1.29 is 14.3 Å². The van der Waals surface area contributed by atoms with E-state index in [-0.39, 0.29) is 25.0 Å². The van der Waals surface area contributed by atoms with Gasteiger partial charge in [-0.05, 0) is 48.9 Å². The predicted octanol–water partition coefficient (Wildman–Crippen LogP) is 3.21. The molecule has 1 aromatic heterocycles. The van der Waals surface area contributed by atoms with E-state index in [0.29, 0.717) is 41.3 Å². The molecule has 0 saturated carbocycles. The van der Waals surface area contributed by atoms with Crippen LogP contribution in [0.5, 0.6) is 0 Å². The molecular weight excluding hydrogens is 417 g/mol. The number of H-pyrrole nitrogens is 1. The molecule has 29 heavy (non-hydrogen) atoms. The molecule has 2 amide bonds. The number of nitrogens with zero attached hydrogens (tertiary/aromatic N) is 3. The van der Waals surface area contributed by atoms with Crippen molar-refractivity contribution >= 4 is 35.2 Å². The molecule has 8 nitrogen and oxygen atoms in total. The van der Waals surface area contributed by atoms with Crippen LogP contribution in [-0.2, 0) is 22.6 Å². The fourth-order valence-corrected chi connectivity index (χ4v) is 3.86. The summed E-state index contributed by atoms with van der Waals surface area (Å²) in [5.74, 6) is 0.402. The van der Waals surface area contributed by atoms with Crippen LogP contribution in [-0.4, -0.2) is 51.9 Å². The van der Waals surface area contributed by atoms with Gasteiger partial charge in [0, 0.05) is 29.7 Å². The van der Waals surface area contributed by atoms with Crippen molar-refractivity contribution in [1.82, 2.24) is 25.6 Å². The summed E-state index contributed by atoms with van der Waals surface area (Å²) in [6.45, 7) is 2.04. The molecule has 0 unspecified atom stereocenters. The molecule has 1 fully saturated rings. The highest BCUT2D eigenvalue weighted by atomic mass is 35.5. The molecule has 1 aliphatic heterocycles. The molecule has 1 saturated heterocycles. The number of hydrogen-bond acceptors (Lipinski definition) is 5. The van der Waals surface area contributed by atoms with Crippen LogP contribution in [0.2, 0.25) is 10.0 Å². The predicted molar refractivity (Wildman–Crippen MR) is 109 cm³/mol. The maximum Gasteiger partial charge on any atom is 0.410 e. The Bertz CT molecular complexity index is 803. The molecule has 0 radical (unpaired) electrons. The Morgan fingerprint density at radius 1 is 1.21 bits per heavy atom. The van der Waals surface area contributed by atoms with Crippen molar-refractivity contribution in [2.24, 2.45) is 5.92 Å². The minimum atomic E-state index is -0.333. The van der Waals surface area contributed by atoms with Crippen molar-refractivity contribution in [1.29, 1.82) is 0 Å². The molecule has 3 rings (SSSR count). The van der Waals surface area contributed by atoms with Gasteiger partial charge in [0.05, 0.1) is 18.3 Å². The van der Waals surface area contributed by atoms with Gasteiger partial charge >= 0.3 is 6.09 Å². The highest BCUT2D eigenvalue weighted by Gasteiger charge is 2.23. The van der Waals surface area contributed by atoms with Gasteiger partial charge in [0.2, 0.25) is 5.91 Å². The summed E-state index contributed by atoms with van der Waals surface area (Å²) in [5, 5.41) is 14.0. The van der Waals surface area contributed by atoms with E-state index in [1.165, 1.54) is 6.20 Å². The van der Waals surface area contributed by atoms with Gasteiger partial charge in [-0.1, -0.05) is 23.2 Å². The second kappa shape index (κ2) is 10.5. The fraction of sp³-hybridized carbons (Fsp3) is 0.474. The third-order valence-electron chi connectivity index (χ3n) is 4.84. The molecule has 1 aromatic carbocycles. The number of hydrogen-bond donors (Lipinski definition) is 2. The summed E-state index contributed by atoms with van der Waals surface area (Å²) in [6, 6.07) is 5.09. The van der Waals surface area contributed by atoms with Gasteiger partial charge in [0.25, 0.3) is 0 Å². The lowest BCUT2D eigenvalue weighted by Crippen LogP contribution is -2.39. The maximum absolute atomic E-state index is 12.3. The molecule has 2 aromatic rings. The average Bonchev–Trinajstić information content (AvgIpc) is 3.19. The van der Waals surface area contributed by atoms with Crippen LogP contribution in [0.1, 0.15) is 30.5 Å². The van der Waals surface area contributed by atoms with Gasteiger partial charge in [0.1, 0.15) is 6.61 Å². The summed E-state index contributed by atoms with van der Waals surface area (Å²) >= 11 is 11.9. The standard InChI is InChI=1S/C19H23Cl2N5O3/c20-15-7-14(8-16(21)9-15)12-29-19(28)26-5-2-13(3-6-26)1-4-22-18(27)10-17-11-23-25-24-17/h7-9,11,13H,1-6,10,12H2,(H,22,27)(H,23,24,25). The maximum atomic E-state index is 12.3. The summed E-state index contributed by atoms with van der Waals surface area (Å²) in [4.78, 5) is 25.8. The normalized spacial score (nSPS) is 14.6. The van der Waals surface area contributed by atoms with Gasteiger partial charge in [-0.3, -0.25) is 4.79 Å². The quantitative estimate of drug-likeness (QED) is 0.689. The number of rotatable bonds is 7. The Balaban J connectivity index is 1.32. The molecular formula is C19H23Cl2N5O3. The molecule has 156 valence electrons. The van der Waals surface area contributed by atoms with Crippen molar-refractivity contribution in [3.05, 3.63) is 45.7 Å². The van der Waals surface area contributed by atoms with Gasteiger partial charge in [-0.2, -0.15) is 15.4 Å². The van der Waals surface area contributed by atoms with E-state index in [0.717, 1.165) is 24.8 Å². The number of aromatic nitrogens is 3. The number of amides is 2. The van der Waals surface area contributed by atoms with Crippen LogP contribution in [0.25, 0.3) is 0 Å². The smallest absolute Gasteiger partial charge is 0.410 e. The average molecular weight is 440 g/mol. The van der Waals surface area contributed by atoms with Gasteiger partial charge < -0.3 is 15.0 Å². The summed E-state index contributed by atoms with van der Waals surface area (Å²) < 4.78 is 5.37. The SMILES string of the molecule is O=C(Cc1cn[nH]n1)NCCC1CCN(C(=O)OCc2cc(Cl)cc(Cl)c2)CC1. The first kappa shape index (κ1) is 21.4. The van der Waals surface area contributed by atoms with Crippen LogP contribution in [0, 0.1) is 5.92 Å². The minimum Gasteiger partial charge on any atom is -0.445 e. The Labute approximate surface area is 178 Å². The summed E-state index contributed by atoms with van der Waals surface area (Å²) in [6.07, 6.45) is 4.08. The monoisotopic (exact) mass is 439 g/mol. The highest BCUT2D eigenvalue weighted by Crippen LogP contribution is 2.22. The summed E-state index contributed by atoms with van der Waals surface area (Å²) in [5.41, 5.74) is 1.38. The van der Waals surface area contributed by atoms with Crippen LogP contribution < -0.4 is 5.32 Å². The fourth-order valence-electron chi connectivity index (χ4n) is 3.29. The van der Waals surface area contributed by atoms with E-state index >= 15 is 0 Å². The topological polar surface area (TPSA) is 100 Å². The van der Waals surface area contributed by atoms with E-state index in [1.807, 2.05) is 0 Å². The second-order valence-electron chi connectivity index (χ2n) is 7.04. The van der Waals surface area contributed by atoms with E-state index in [4.69, 9.17) is 27.9 Å². The Kier molecular flexibility index (Phi) is 7.71. The number of carbonyl (C=O) groups excluding carboxylic acids is 2. The number of halogens is 2. The van der Waals surface area contributed by atoms with Gasteiger partial charge in [0.15, 0.2) is 0 Å². The Morgan fingerprint density at radius 2 is 1.93 bits per heavy atom. The van der Waals surface area contributed by atoms with Crippen molar-refractivity contribution in [2.75, 3.05) is 19.6 Å². The molecule has 1 aliphatic rings. The minimum absolute atomic E-state index is 0.0685. The third-order valence-corrected chi connectivity index (χ3v) is 5.28. The first-order chi connectivity index (χ1) is 14.0. The van der Waals surface area contributed by atoms with Crippen LogP contribution >= 0.6 is 23.2 Å². The van der Waals surface area contributed by atoms with Gasteiger partial charge in [-0.15, -0.1) is 0 Å². The number of ether oxygens (including phenoxy) is 1. The van der Waals surface area contributed by atoms with Crippen LogP contribution in [0.15, 0.2) is 24.4 Å². The highest BCUT2D eigenvalue weighted by molar-refractivity contribution is 6.34. The van der Waals surface area contributed by atoms with Crippen molar-refractivity contribution in [2.45, 2.75) is 32.3 Å². The number of nitrogens with one attached hydrogen (secondary N) is 2. The first-order valence-corrected chi connectivity index (χ1v) is 10.2. The molecule has 0 bridgehead atoms. The molecule has 0 atom stereocenters. The van der Waals surface area contributed by atoms with E-state index in [9.17, 15) is 9.59 Å². The van der Waals surface area contributed by atoms with Crippen LogP contribution in [0.4, 0.5) is 4.79 Å². The van der Waals surface area contributed by atoms with Crippen molar-refractivity contribution in [3.8, 4) is 0 Å². The van der Waals surface area contributed by atoms with Gasteiger partial charge in [-0.25, -0.2) is 4.79 Å². The number of benzene rings is 1. The zero-order valence-corrected chi connectivity index (χ0v) is 17.4. The summed E-state index contributed by atoms with van der Waals surface area (Å²) in [7, 11) is 0. The Hall–Kier alpha value is -2.32. The zero-order valence-electron chi connectivity index (χ0n) is 15.9. The number of piperidine rings is 1. The van der Waals surface area contributed by atoms with E-state index < -0.39 is 0 Å². The lowest BCUT2D eigenvalue weighted by Gasteiger charge is -2.31. The largest absolute Gasteiger partial charge is 0.445 e.